The van der Waals surface area contributed by atoms with Crippen LogP contribution in [-0.2, 0) is 21.1 Å². The highest BCUT2D eigenvalue weighted by Crippen LogP contribution is 2.19. The Balaban J connectivity index is 1.59. The van der Waals surface area contributed by atoms with Gasteiger partial charge >= 0.3 is 0 Å². The molecule has 0 saturated heterocycles. The van der Waals surface area contributed by atoms with Crippen LogP contribution in [0, 0.1) is 12.7 Å². The van der Waals surface area contributed by atoms with Crippen LogP contribution < -0.4 is 5.32 Å². The van der Waals surface area contributed by atoms with Gasteiger partial charge in [-0.05, 0) is 54.0 Å². The van der Waals surface area contributed by atoms with Gasteiger partial charge in [-0.25, -0.2) is 12.8 Å². The summed E-state index contributed by atoms with van der Waals surface area (Å²) in [5, 5.41) is 13.3. The Bertz CT molecular complexity index is 1100. The molecule has 3 aromatic rings. The number of carbonyl (C=O) groups is 1. The van der Waals surface area contributed by atoms with E-state index in [-0.39, 0.29) is 17.1 Å². The molecule has 0 aliphatic rings. The van der Waals surface area contributed by atoms with Crippen molar-refractivity contribution in [2.45, 2.75) is 19.8 Å². The number of benzene rings is 2. The zero-order valence-corrected chi connectivity index (χ0v) is 16.6. The highest BCUT2D eigenvalue weighted by atomic mass is 32.2. The number of carbonyl (C=O) groups excluding carboxylic acids is 1. The molecular formula is C19H20FN5O3S. The number of aromatic nitrogens is 4. The van der Waals surface area contributed by atoms with Crippen molar-refractivity contribution in [2.75, 3.05) is 16.8 Å². The Morgan fingerprint density at radius 2 is 1.93 bits per heavy atom. The van der Waals surface area contributed by atoms with Crippen LogP contribution >= 0.6 is 0 Å². The van der Waals surface area contributed by atoms with Crippen LogP contribution in [0.5, 0.6) is 0 Å². The molecule has 1 heterocycles. The van der Waals surface area contributed by atoms with E-state index in [0.29, 0.717) is 18.7 Å². The minimum Gasteiger partial charge on any atom is -0.325 e. The monoisotopic (exact) mass is 417 g/mol. The van der Waals surface area contributed by atoms with E-state index in [4.69, 9.17) is 0 Å². The van der Waals surface area contributed by atoms with E-state index in [0.717, 1.165) is 11.6 Å². The quantitative estimate of drug-likeness (QED) is 0.602. The van der Waals surface area contributed by atoms with Gasteiger partial charge in [0.15, 0.2) is 15.7 Å². The van der Waals surface area contributed by atoms with E-state index >= 15 is 0 Å². The predicted octanol–water partition coefficient (Wildman–Crippen LogP) is 2.10. The van der Waals surface area contributed by atoms with Gasteiger partial charge in [0.25, 0.3) is 0 Å². The first kappa shape index (κ1) is 20.6. The molecule has 0 bridgehead atoms. The number of amides is 1. The fourth-order valence-corrected chi connectivity index (χ4v) is 4.02. The second-order valence-electron chi connectivity index (χ2n) is 6.53. The number of hydrogen-bond donors (Lipinski definition) is 1. The van der Waals surface area contributed by atoms with Gasteiger partial charge in [-0.15, -0.1) is 5.10 Å². The number of sulfone groups is 1. The molecule has 152 valence electrons. The van der Waals surface area contributed by atoms with Gasteiger partial charge in [-0.2, -0.15) is 4.68 Å². The number of nitrogens with zero attached hydrogens (tertiary/aromatic N) is 4. The van der Waals surface area contributed by atoms with Crippen molar-refractivity contribution in [3.63, 3.8) is 0 Å². The standard InChI is InChI=1S/C19H20FN5O3S/c1-14-22-23-24-25(14)18-12-16(9-10-17(18)20)21-19(26)13-29(27,28)11-5-8-15-6-3-2-4-7-15/h2-4,6-7,9-10,12H,5,8,11,13H2,1H3,(H,21,26). The molecule has 0 aliphatic carbocycles. The average Bonchev–Trinajstić information content (AvgIpc) is 3.09. The lowest BCUT2D eigenvalue weighted by Crippen LogP contribution is -2.25. The summed E-state index contributed by atoms with van der Waals surface area (Å²) in [5.41, 5.74) is 1.35. The van der Waals surface area contributed by atoms with E-state index in [1.807, 2.05) is 30.3 Å². The first-order chi connectivity index (χ1) is 13.8. The molecule has 2 aromatic carbocycles. The second-order valence-corrected chi connectivity index (χ2v) is 8.72. The molecule has 1 amide bonds. The number of aryl methyl sites for hydroxylation is 2. The SMILES string of the molecule is Cc1nnnn1-c1cc(NC(=O)CS(=O)(=O)CCCc2ccccc2)ccc1F. The van der Waals surface area contributed by atoms with Crippen LogP contribution in [0.1, 0.15) is 17.8 Å². The lowest BCUT2D eigenvalue weighted by Gasteiger charge is -2.09. The summed E-state index contributed by atoms with van der Waals surface area (Å²) in [4.78, 5) is 12.2. The predicted molar refractivity (Wildman–Crippen MR) is 106 cm³/mol. The van der Waals surface area contributed by atoms with Crippen LogP contribution in [0.4, 0.5) is 10.1 Å². The Morgan fingerprint density at radius 3 is 2.62 bits per heavy atom. The van der Waals surface area contributed by atoms with E-state index in [1.165, 1.54) is 16.8 Å². The van der Waals surface area contributed by atoms with Gasteiger partial charge in [-0.1, -0.05) is 30.3 Å². The van der Waals surface area contributed by atoms with Gasteiger partial charge in [-0.3, -0.25) is 4.79 Å². The minimum atomic E-state index is -3.56. The van der Waals surface area contributed by atoms with Crippen LogP contribution in [0.25, 0.3) is 5.69 Å². The van der Waals surface area contributed by atoms with Crippen molar-refractivity contribution in [3.8, 4) is 5.69 Å². The fraction of sp³-hybridized carbons (Fsp3) is 0.263. The molecule has 1 N–H and O–H groups in total. The Kier molecular flexibility index (Phi) is 6.32. The summed E-state index contributed by atoms with van der Waals surface area (Å²) in [6.07, 6.45) is 1.05. The summed E-state index contributed by atoms with van der Waals surface area (Å²) in [6, 6.07) is 13.4. The molecular weight excluding hydrogens is 397 g/mol. The van der Waals surface area contributed by atoms with Crippen LogP contribution in [-0.4, -0.2) is 46.0 Å². The maximum absolute atomic E-state index is 14.1. The number of anilines is 1. The zero-order chi connectivity index (χ0) is 20.9. The van der Waals surface area contributed by atoms with E-state index in [9.17, 15) is 17.6 Å². The molecule has 0 unspecified atom stereocenters. The van der Waals surface area contributed by atoms with Gasteiger partial charge in [0.2, 0.25) is 5.91 Å². The normalized spacial score (nSPS) is 11.4. The van der Waals surface area contributed by atoms with Crippen molar-refractivity contribution in [3.05, 3.63) is 65.7 Å². The molecule has 0 spiro atoms. The van der Waals surface area contributed by atoms with Crippen molar-refractivity contribution >= 4 is 21.4 Å². The number of rotatable bonds is 8. The molecule has 0 radical (unpaired) electrons. The third-order valence-corrected chi connectivity index (χ3v) is 5.81. The third-order valence-electron chi connectivity index (χ3n) is 4.20. The van der Waals surface area contributed by atoms with Gasteiger partial charge < -0.3 is 5.32 Å². The first-order valence-electron chi connectivity index (χ1n) is 8.93. The van der Waals surface area contributed by atoms with Crippen LogP contribution in [0.3, 0.4) is 0 Å². The Hall–Kier alpha value is -3.14. The molecule has 3 rings (SSSR count). The van der Waals surface area contributed by atoms with Gasteiger partial charge in [0.1, 0.15) is 17.3 Å². The van der Waals surface area contributed by atoms with Crippen molar-refractivity contribution in [2.24, 2.45) is 0 Å². The maximum Gasteiger partial charge on any atom is 0.239 e. The lowest BCUT2D eigenvalue weighted by molar-refractivity contribution is -0.113. The number of nitrogens with one attached hydrogen (secondary N) is 1. The molecule has 8 nitrogen and oxygen atoms in total. The Labute approximate surface area is 167 Å². The van der Waals surface area contributed by atoms with E-state index < -0.39 is 27.3 Å². The summed E-state index contributed by atoms with van der Waals surface area (Å²) in [5.74, 6) is -1.62. The third kappa shape index (κ3) is 5.67. The van der Waals surface area contributed by atoms with E-state index in [1.54, 1.807) is 6.92 Å². The first-order valence-corrected chi connectivity index (χ1v) is 10.8. The smallest absolute Gasteiger partial charge is 0.239 e. The average molecular weight is 417 g/mol. The second kappa shape index (κ2) is 8.91. The Morgan fingerprint density at radius 1 is 1.17 bits per heavy atom. The molecule has 0 aliphatic heterocycles. The molecule has 0 atom stereocenters. The van der Waals surface area contributed by atoms with Crippen LogP contribution in [0.15, 0.2) is 48.5 Å². The summed E-state index contributed by atoms with van der Waals surface area (Å²) < 4.78 is 39.7. The fourth-order valence-electron chi connectivity index (χ4n) is 2.82. The number of halogens is 1. The largest absolute Gasteiger partial charge is 0.325 e. The van der Waals surface area contributed by atoms with Crippen LogP contribution in [0.2, 0.25) is 0 Å². The van der Waals surface area contributed by atoms with Crippen molar-refractivity contribution < 1.29 is 17.6 Å². The van der Waals surface area contributed by atoms with E-state index in [2.05, 4.69) is 20.8 Å². The summed E-state index contributed by atoms with van der Waals surface area (Å²) in [6.45, 7) is 1.60. The van der Waals surface area contributed by atoms with Crippen molar-refractivity contribution in [1.82, 2.24) is 20.2 Å². The molecule has 1 aromatic heterocycles. The molecule has 10 heteroatoms. The molecule has 0 fully saturated rings. The van der Waals surface area contributed by atoms with Gasteiger partial charge in [0.05, 0.1) is 5.75 Å². The zero-order valence-electron chi connectivity index (χ0n) is 15.7. The van der Waals surface area contributed by atoms with Crippen molar-refractivity contribution in [1.29, 1.82) is 0 Å². The maximum atomic E-state index is 14.1. The summed E-state index contributed by atoms with van der Waals surface area (Å²) in [7, 11) is -3.56. The highest BCUT2D eigenvalue weighted by molar-refractivity contribution is 7.92. The minimum absolute atomic E-state index is 0.0519. The number of tetrazole rings is 1. The lowest BCUT2D eigenvalue weighted by atomic mass is 10.1. The molecule has 29 heavy (non-hydrogen) atoms. The topological polar surface area (TPSA) is 107 Å². The highest BCUT2D eigenvalue weighted by Gasteiger charge is 2.18. The number of hydrogen-bond acceptors (Lipinski definition) is 6. The van der Waals surface area contributed by atoms with Gasteiger partial charge in [0, 0.05) is 5.69 Å². The summed E-state index contributed by atoms with van der Waals surface area (Å²) >= 11 is 0. The molecule has 0 saturated carbocycles.